The number of benzene rings is 2. The van der Waals surface area contributed by atoms with Gasteiger partial charge in [-0.2, -0.15) is 0 Å². The summed E-state index contributed by atoms with van der Waals surface area (Å²) in [6, 6.07) is 17.4. The number of hydrogen-bond donors (Lipinski definition) is 1. The van der Waals surface area contributed by atoms with Crippen LogP contribution in [0.15, 0.2) is 54.6 Å². The summed E-state index contributed by atoms with van der Waals surface area (Å²) in [6.07, 6.45) is 0.848. The molecule has 4 nitrogen and oxygen atoms in total. The van der Waals surface area contributed by atoms with E-state index >= 15 is 0 Å². The minimum absolute atomic E-state index is 0.0226. The molecule has 2 aromatic rings. The first-order valence-electron chi connectivity index (χ1n) is 9.90. The van der Waals surface area contributed by atoms with Gasteiger partial charge in [0.1, 0.15) is 6.04 Å². The van der Waals surface area contributed by atoms with E-state index in [-0.39, 0.29) is 17.4 Å². The molecule has 150 valence electrons. The molecule has 2 amide bonds. The van der Waals surface area contributed by atoms with Crippen molar-refractivity contribution in [1.82, 2.24) is 10.2 Å². The Morgan fingerprint density at radius 2 is 1.57 bits per heavy atom. The number of hydrogen-bond acceptors (Lipinski definition) is 2. The predicted molar refractivity (Wildman–Crippen MR) is 114 cm³/mol. The summed E-state index contributed by atoms with van der Waals surface area (Å²) in [5.74, 6) is -0.143. The van der Waals surface area contributed by atoms with Crippen LogP contribution in [-0.2, 0) is 22.6 Å². The number of rotatable bonds is 7. The van der Waals surface area contributed by atoms with Gasteiger partial charge in [0, 0.05) is 24.9 Å². The molecule has 0 aliphatic rings. The fraction of sp³-hybridized carbons (Fsp3) is 0.417. The summed E-state index contributed by atoms with van der Waals surface area (Å²) in [7, 11) is 0. The molecule has 2 rings (SSSR count). The molecule has 4 heteroatoms. The normalized spacial score (nSPS) is 12.3. The average Bonchev–Trinajstić information content (AvgIpc) is 2.65. The van der Waals surface area contributed by atoms with E-state index in [2.05, 4.69) is 5.32 Å². The van der Waals surface area contributed by atoms with Gasteiger partial charge in [0.2, 0.25) is 11.8 Å². The van der Waals surface area contributed by atoms with Gasteiger partial charge in [0.05, 0.1) is 0 Å². The third kappa shape index (κ3) is 6.52. The molecule has 0 saturated heterocycles. The largest absolute Gasteiger partial charge is 0.350 e. The zero-order valence-electron chi connectivity index (χ0n) is 17.7. The molecule has 1 N–H and O–H groups in total. The highest BCUT2D eigenvalue weighted by molar-refractivity contribution is 5.88. The van der Waals surface area contributed by atoms with E-state index in [0.717, 1.165) is 11.1 Å². The number of amides is 2. The van der Waals surface area contributed by atoms with Gasteiger partial charge in [-0.25, -0.2) is 0 Å². The van der Waals surface area contributed by atoms with Gasteiger partial charge in [-0.05, 0) is 38.8 Å². The molecule has 28 heavy (non-hydrogen) atoms. The van der Waals surface area contributed by atoms with E-state index in [1.165, 1.54) is 5.56 Å². The van der Waals surface area contributed by atoms with Crippen LogP contribution in [0.5, 0.6) is 0 Å². The quantitative estimate of drug-likeness (QED) is 0.780. The van der Waals surface area contributed by atoms with Gasteiger partial charge in [-0.1, -0.05) is 67.1 Å². The maximum absolute atomic E-state index is 13.2. The summed E-state index contributed by atoms with van der Waals surface area (Å²) in [5.41, 5.74) is 2.86. The second-order valence-electron chi connectivity index (χ2n) is 8.31. The number of carbonyl (C=O) groups is 2. The molecule has 0 saturated carbocycles. The van der Waals surface area contributed by atoms with Crippen LogP contribution < -0.4 is 5.32 Å². The first-order chi connectivity index (χ1) is 13.2. The highest BCUT2D eigenvalue weighted by atomic mass is 16.2. The Bertz CT molecular complexity index is 777. The van der Waals surface area contributed by atoms with Gasteiger partial charge in [0.15, 0.2) is 0 Å². The second kappa shape index (κ2) is 9.54. The molecule has 0 aromatic heterocycles. The van der Waals surface area contributed by atoms with Crippen LogP contribution in [0.2, 0.25) is 0 Å². The Balaban J connectivity index is 2.36. The molecule has 0 heterocycles. The summed E-state index contributed by atoms with van der Waals surface area (Å²) in [5, 5.41) is 3.06. The summed E-state index contributed by atoms with van der Waals surface area (Å²) in [6.45, 7) is 10.2. The highest BCUT2D eigenvalue weighted by Crippen LogP contribution is 2.17. The minimum Gasteiger partial charge on any atom is -0.350 e. The SMILES string of the molecule is CCC(=O)N(Cc1ccc(C)cc1)[C@@H](Cc1ccccc1)C(=O)NC(C)(C)C. The average molecular weight is 381 g/mol. The van der Waals surface area contributed by atoms with Crippen molar-refractivity contribution in [2.75, 3.05) is 0 Å². The highest BCUT2D eigenvalue weighted by Gasteiger charge is 2.31. The summed E-state index contributed by atoms with van der Waals surface area (Å²) in [4.78, 5) is 27.7. The lowest BCUT2D eigenvalue weighted by atomic mass is 10.0. The summed E-state index contributed by atoms with van der Waals surface area (Å²) >= 11 is 0. The van der Waals surface area contributed by atoms with E-state index in [4.69, 9.17) is 0 Å². The summed E-state index contributed by atoms with van der Waals surface area (Å²) < 4.78 is 0. The Hall–Kier alpha value is -2.62. The molecule has 0 spiro atoms. The van der Waals surface area contributed by atoms with E-state index in [9.17, 15) is 9.59 Å². The van der Waals surface area contributed by atoms with Crippen LogP contribution >= 0.6 is 0 Å². The molecule has 0 aliphatic carbocycles. The van der Waals surface area contributed by atoms with Crippen LogP contribution in [-0.4, -0.2) is 28.3 Å². The van der Waals surface area contributed by atoms with Crippen molar-refractivity contribution in [1.29, 1.82) is 0 Å². The Morgan fingerprint density at radius 3 is 2.11 bits per heavy atom. The number of carbonyl (C=O) groups excluding carboxylic acids is 2. The first kappa shape index (κ1) is 21.7. The minimum atomic E-state index is -0.560. The first-order valence-corrected chi connectivity index (χ1v) is 9.90. The van der Waals surface area contributed by atoms with E-state index in [1.807, 2.05) is 89.2 Å². The van der Waals surface area contributed by atoms with E-state index < -0.39 is 6.04 Å². The molecule has 0 unspecified atom stereocenters. The molecule has 0 radical (unpaired) electrons. The lowest BCUT2D eigenvalue weighted by molar-refractivity contribution is -0.141. The van der Waals surface area contributed by atoms with Crippen molar-refractivity contribution >= 4 is 11.8 Å². The standard InChI is InChI=1S/C24H32N2O2/c1-6-22(27)26(17-20-14-12-18(2)13-15-20)21(23(28)25-24(3,4)5)16-19-10-8-7-9-11-19/h7-15,21H,6,16-17H2,1-5H3,(H,25,28)/t21-/m0/s1. The topological polar surface area (TPSA) is 49.4 Å². The van der Waals surface area contributed by atoms with Crippen LogP contribution in [0.1, 0.15) is 50.8 Å². The van der Waals surface area contributed by atoms with E-state index in [1.54, 1.807) is 4.90 Å². The predicted octanol–water partition coefficient (Wildman–Crippen LogP) is 4.26. The Kier molecular flexibility index (Phi) is 7.38. The fourth-order valence-corrected chi connectivity index (χ4v) is 3.10. The number of aryl methyl sites for hydroxylation is 1. The van der Waals surface area contributed by atoms with Crippen LogP contribution in [0.3, 0.4) is 0 Å². The van der Waals surface area contributed by atoms with E-state index in [0.29, 0.717) is 19.4 Å². The van der Waals surface area contributed by atoms with Crippen LogP contribution in [0, 0.1) is 6.92 Å². The molecule has 0 fully saturated rings. The zero-order chi connectivity index (χ0) is 20.7. The van der Waals surface area contributed by atoms with Crippen molar-refractivity contribution in [3.05, 3.63) is 71.3 Å². The van der Waals surface area contributed by atoms with Gasteiger partial charge in [0.25, 0.3) is 0 Å². The van der Waals surface area contributed by atoms with Gasteiger partial charge in [-0.15, -0.1) is 0 Å². The fourth-order valence-electron chi connectivity index (χ4n) is 3.10. The molecular formula is C24H32N2O2. The van der Waals surface area contributed by atoms with Gasteiger partial charge < -0.3 is 10.2 Å². The third-order valence-electron chi connectivity index (χ3n) is 4.55. The Labute approximate surface area is 169 Å². The van der Waals surface area contributed by atoms with Crippen LogP contribution in [0.25, 0.3) is 0 Å². The maximum atomic E-state index is 13.2. The molecular weight excluding hydrogens is 348 g/mol. The molecule has 0 bridgehead atoms. The second-order valence-corrected chi connectivity index (χ2v) is 8.31. The van der Waals surface area contributed by atoms with Crippen molar-refractivity contribution in [3.63, 3.8) is 0 Å². The number of nitrogens with zero attached hydrogens (tertiary/aromatic N) is 1. The van der Waals surface area contributed by atoms with Crippen molar-refractivity contribution < 1.29 is 9.59 Å². The zero-order valence-corrected chi connectivity index (χ0v) is 17.7. The third-order valence-corrected chi connectivity index (χ3v) is 4.55. The molecule has 0 aliphatic heterocycles. The smallest absolute Gasteiger partial charge is 0.243 e. The van der Waals surface area contributed by atoms with Crippen LogP contribution in [0.4, 0.5) is 0 Å². The maximum Gasteiger partial charge on any atom is 0.243 e. The molecule has 2 aromatic carbocycles. The number of nitrogens with one attached hydrogen (secondary N) is 1. The monoisotopic (exact) mass is 380 g/mol. The Morgan fingerprint density at radius 1 is 0.964 bits per heavy atom. The van der Waals surface area contributed by atoms with Crippen molar-refractivity contribution in [3.8, 4) is 0 Å². The van der Waals surface area contributed by atoms with Gasteiger partial charge in [-0.3, -0.25) is 9.59 Å². The van der Waals surface area contributed by atoms with Crippen molar-refractivity contribution in [2.45, 2.75) is 65.6 Å². The van der Waals surface area contributed by atoms with Gasteiger partial charge >= 0.3 is 0 Å². The van der Waals surface area contributed by atoms with Crippen molar-refractivity contribution in [2.24, 2.45) is 0 Å². The lowest BCUT2D eigenvalue weighted by Gasteiger charge is -2.33. The lowest BCUT2D eigenvalue weighted by Crippen LogP contribution is -2.54. The molecule has 1 atom stereocenters.